The maximum atomic E-state index is 13.8. The minimum atomic E-state index is -2.97. The van der Waals surface area contributed by atoms with E-state index < -0.39 is 17.8 Å². The second-order valence-electron chi connectivity index (χ2n) is 5.04. The van der Waals surface area contributed by atoms with Gasteiger partial charge in [-0.05, 0) is 12.5 Å². The average molecular weight is 283 g/mol. The molecule has 1 heterocycles. The van der Waals surface area contributed by atoms with Crippen LogP contribution in [0.3, 0.4) is 0 Å². The van der Waals surface area contributed by atoms with E-state index in [0.717, 1.165) is 5.56 Å². The van der Waals surface area contributed by atoms with E-state index in [0.29, 0.717) is 6.54 Å². The van der Waals surface area contributed by atoms with Crippen molar-refractivity contribution in [1.82, 2.24) is 4.90 Å². The number of carbonyl (C=O) groups is 1. The molecule has 0 unspecified atom stereocenters. The molecule has 1 fully saturated rings. The van der Waals surface area contributed by atoms with Gasteiger partial charge >= 0.3 is 5.97 Å². The molecule has 1 saturated heterocycles. The minimum Gasteiger partial charge on any atom is -0.466 e. The van der Waals surface area contributed by atoms with Crippen LogP contribution in [0, 0.1) is 5.92 Å². The topological polar surface area (TPSA) is 29.5 Å². The van der Waals surface area contributed by atoms with E-state index >= 15 is 0 Å². The highest BCUT2D eigenvalue weighted by atomic mass is 19.3. The van der Waals surface area contributed by atoms with Crippen LogP contribution in [0.1, 0.15) is 18.9 Å². The summed E-state index contributed by atoms with van der Waals surface area (Å²) in [4.78, 5) is 13.6. The standard InChI is InChI=1S/C15H19F2NO2/c1-2-20-14(19)13-11-18(9-8-15(13,16)17)10-12-6-4-3-5-7-12/h3-7,13H,2,8-11H2,1H3/t13-/m0/s1. The van der Waals surface area contributed by atoms with Crippen LogP contribution in [-0.2, 0) is 16.1 Å². The van der Waals surface area contributed by atoms with Crippen molar-refractivity contribution in [3.8, 4) is 0 Å². The van der Waals surface area contributed by atoms with E-state index in [4.69, 9.17) is 4.74 Å². The van der Waals surface area contributed by atoms with Crippen molar-refractivity contribution in [2.24, 2.45) is 5.92 Å². The summed E-state index contributed by atoms with van der Waals surface area (Å²) in [6.07, 6.45) is -0.302. The molecule has 1 aromatic rings. The number of carbonyl (C=O) groups excluding carboxylic acids is 1. The maximum Gasteiger partial charge on any atom is 0.316 e. The summed E-state index contributed by atoms with van der Waals surface area (Å²) in [6, 6.07) is 9.64. The minimum absolute atomic E-state index is 0.0424. The molecule has 110 valence electrons. The number of ether oxygens (including phenoxy) is 1. The molecule has 0 saturated carbocycles. The number of likely N-dealkylation sites (tertiary alicyclic amines) is 1. The zero-order chi connectivity index (χ0) is 14.6. The number of alkyl halides is 2. The first-order chi connectivity index (χ1) is 9.53. The van der Waals surface area contributed by atoms with E-state index in [1.165, 1.54) is 0 Å². The molecule has 0 bridgehead atoms. The lowest BCUT2D eigenvalue weighted by Gasteiger charge is -2.36. The Bertz CT molecular complexity index is 450. The smallest absolute Gasteiger partial charge is 0.316 e. The number of nitrogens with zero attached hydrogens (tertiary/aromatic N) is 1. The molecule has 3 nitrogen and oxygen atoms in total. The Morgan fingerprint density at radius 2 is 2.10 bits per heavy atom. The van der Waals surface area contributed by atoms with Crippen molar-refractivity contribution < 1.29 is 18.3 Å². The van der Waals surface area contributed by atoms with Crippen molar-refractivity contribution in [3.05, 3.63) is 35.9 Å². The van der Waals surface area contributed by atoms with E-state index in [1.807, 2.05) is 35.2 Å². The quantitative estimate of drug-likeness (QED) is 0.796. The van der Waals surface area contributed by atoms with Crippen molar-refractivity contribution in [1.29, 1.82) is 0 Å². The summed E-state index contributed by atoms with van der Waals surface area (Å²) in [7, 11) is 0. The van der Waals surface area contributed by atoms with Crippen molar-refractivity contribution in [3.63, 3.8) is 0 Å². The molecule has 0 spiro atoms. The fourth-order valence-electron chi connectivity index (χ4n) is 2.44. The molecular weight excluding hydrogens is 264 g/mol. The van der Waals surface area contributed by atoms with Gasteiger partial charge in [-0.1, -0.05) is 30.3 Å². The first-order valence-electron chi connectivity index (χ1n) is 6.83. The Hall–Kier alpha value is -1.49. The van der Waals surface area contributed by atoms with Crippen LogP contribution in [0.25, 0.3) is 0 Å². The molecule has 20 heavy (non-hydrogen) atoms. The zero-order valence-corrected chi connectivity index (χ0v) is 11.5. The Morgan fingerprint density at radius 1 is 1.40 bits per heavy atom. The van der Waals surface area contributed by atoms with Gasteiger partial charge in [0.2, 0.25) is 0 Å². The predicted molar refractivity (Wildman–Crippen MR) is 71.4 cm³/mol. The molecule has 1 aliphatic heterocycles. The highest BCUT2D eigenvalue weighted by molar-refractivity contribution is 5.74. The van der Waals surface area contributed by atoms with E-state index in [2.05, 4.69) is 0 Å². The lowest BCUT2D eigenvalue weighted by atomic mass is 9.93. The summed E-state index contributed by atoms with van der Waals surface area (Å²) in [5.41, 5.74) is 1.06. The van der Waals surface area contributed by atoms with Gasteiger partial charge in [-0.25, -0.2) is 8.78 Å². The Balaban J connectivity index is 2.02. The summed E-state index contributed by atoms with van der Waals surface area (Å²) in [6.45, 7) is 2.66. The maximum absolute atomic E-state index is 13.8. The van der Waals surface area contributed by atoms with Crippen molar-refractivity contribution in [2.75, 3.05) is 19.7 Å². The van der Waals surface area contributed by atoms with Gasteiger partial charge in [0.25, 0.3) is 5.92 Å². The van der Waals surface area contributed by atoms with Gasteiger partial charge in [0.1, 0.15) is 5.92 Å². The molecule has 1 aliphatic rings. The highest BCUT2D eigenvalue weighted by Gasteiger charge is 2.48. The monoisotopic (exact) mass is 283 g/mol. The number of esters is 1. The molecule has 1 aromatic carbocycles. The molecule has 0 N–H and O–H groups in total. The number of benzene rings is 1. The molecule has 0 aromatic heterocycles. The fourth-order valence-corrected chi connectivity index (χ4v) is 2.44. The average Bonchev–Trinajstić information content (AvgIpc) is 2.42. The summed E-state index contributed by atoms with van der Waals surface area (Å²) >= 11 is 0. The fraction of sp³-hybridized carbons (Fsp3) is 0.533. The third-order valence-electron chi connectivity index (χ3n) is 3.53. The van der Waals surface area contributed by atoms with Gasteiger partial charge in [-0.15, -0.1) is 0 Å². The van der Waals surface area contributed by atoms with Gasteiger partial charge in [0.05, 0.1) is 6.61 Å². The number of piperidine rings is 1. The van der Waals surface area contributed by atoms with E-state index in [1.54, 1.807) is 6.92 Å². The summed E-state index contributed by atoms with van der Waals surface area (Å²) < 4.78 is 32.4. The van der Waals surface area contributed by atoms with E-state index in [9.17, 15) is 13.6 Å². The Kier molecular flexibility index (Phi) is 4.70. The molecule has 2 rings (SSSR count). The first kappa shape index (κ1) is 14.9. The highest BCUT2D eigenvalue weighted by Crippen LogP contribution is 2.34. The Morgan fingerprint density at radius 3 is 2.75 bits per heavy atom. The lowest BCUT2D eigenvalue weighted by Crippen LogP contribution is -2.50. The van der Waals surface area contributed by atoms with Gasteiger partial charge < -0.3 is 4.74 Å². The Labute approximate surface area is 117 Å². The van der Waals surface area contributed by atoms with Crippen LogP contribution in [0.4, 0.5) is 8.78 Å². The number of hydrogen-bond acceptors (Lipinski definition) is 3. The molecule has 0 radical (unpaired) electrons. The van der Waals surface area contributed by atoms with Crippen molar-refractivity contribution in [2.45, 2.75) is 25.8 Å². The second kappa shape index (κ2) is 6.31. The zero-order valence-electron chi connectivity index (χ0n) is 11.5. The molecule has 0 amide bonds. The molecular formula is C15H19F2NO2. The third-order valence-corrected chi connectivity index (χ3v) is 3.53. The first-order valence-corrected chi connectivity index (χ1v) is 6.83. The number of hydrogen-bond donors (Lipinski definition) is 0. The van der Waals surface area contributed by atoms with Crippen LogP contribution in [0.2, 0.25) is 0 Å². The number of rotatable bonds is 4. The molecule has 0 aliphatic carbocycles. The van der Waals surface area contributed by atoms with Crippen LogP contribution >= 0.6 is 0 Å². The summed E-state index contributed by atoms with van der Waals surface area (Å²) in [5.74, 6) is -5.13. The normalized spacial score (nSPS) is 22.4. The van der Waals surface area contributed by atoms with E-state index in [-0.39, 0.29) is 26.1 Å². The SMILES string of the molecule is CCOC(=O)[C@@H]1CN(Cc2ccccc2)CCC1(F)F. The second-order valence-corrected chi connectivity index (χ2v) is 5.04. The van der Waals surface area contributed by atoms with Gasteiger partial charge in [0, 0.05) is 26.1 Å². The summed E-state index contributed by atoms with van der Waals surface area (Å²) in [5, 5.41) is 0. The molecule has 5 heteroatoms. The third kappa shape index (κ3) is 3.54. The van der Waals surface area contributed by atoms with Crippen LogP contribution in [-0.4, -0.2) is 36.5 Å². The van der Waals surface area contributed by atoms with Crippen LogP contribution < -0.4 is 0 Å². The predicted octanol–water partition coefficient (Wildman–Crippen LogP) is 2.71. The molecule has 1 atom stereocenters. The lowest BCUT2D eigenvalue weighted by molar-refractivity contribution is -0.172. The largest absolute Gasteiger partial charge is 0.466 e. The van der Waals surface area contributed by atoms with Gasteiger partial charge in [-0.2, -0.15) is 0 Å². The van der Waals surface area contributed by atoms with Gasteiger partial charge in [0.15, 0.2) is 0 Å². The van der Waals surface area contributed by atoms with Crippen LogP contribution in [0.15, 0.2) is 30.3 Å². The van der Waals surface area contributed by atoms with Crippen LogP contribution in [0.5, 0.6) is 0 Å². The number of halogens is 2. The van der Waals surface area contributed by atoms with Crippen molar-refractivity contribution >= 4 is 5.97 Å². The van der Waals surface area contributed by atoms with Gasteiger partial charge in [-0.3, -0.25) is 9.69 Å².